The molecule has 0 radical (unpaired) electrons. The lowest BCUT2D eigenvalue weighted by Gasteiger charge is -2.34. The quantitative estimate of drug-likeness (QED) is 0.0393. The summed E-state index contributed by atoms with van der Waals surface area (Å²) in [6, 6.07) is 11.3. The molecule has 2 unspecified atom stereocenters. The summed E-state index contributed by atoms with van der Waals surface area (Å²) in [5, 5.41) is -11.3. The first-order chi connectivity index (χ1) is 32.9. The molecule has 2 aromatic carbocycles. The molecule has 2 atom stereocenters. The van der Waals surface area contributed by atoms with Crippen molar-refractivity contribution in [2.45, 2.75) is 91.4 Å². The number of aryl methyl sites for hydroxylation is 1. The minimum atomic E-state index is -7.07. The molecule has 420 valence electrons. The van der Waals surface area contributed by atoms with E-state index >= 15 is 0 Å². The van der Waals surface area contributed by atoms with Gasteiger partial charge in [-0.2, -0.15) is 87.8 Å². The molecule has 0 aliphatic carbocycles. The molecule has 0 aliphatic heterocycles. The van der Waals surface area contributed by atoms with Crippen molar-refractivity contribution in [3.63, 3.8) is 0 Å². The van der Waals surface area contributed by atoms with Gasteiger partial charge in [0.2, 0.25) is 5.78 Å². The third-order valence-corrected chi connectivity index (χ3v) is 10.6. The Hall–Kier alpha value is -5.66. The maximum absolute atomic E-state index is 13.9. The van der Waals surface area contributed by atoms with Crippen molar-refractivity contribution in [1.82, 2.24) is 5.32 Å². The number of esters is 2. The number of benzene rings is 2. The molecule has 0 heterocycles. The highest BCUT2D eigenvalue weighted by Crippen LogP contribution is 2.45. The van der Waals surface area contributed by atoms with Crippen LogP contribution in [0.2, 0.25) is 0 Å². The molecule has 1 amide bonds. The fourth-order valence-corrected chi connectivity index (χ4v) is 5.63. The van der Waals surface area contributed by atoms with Gasteiger partial charge < -0.3 is 33.4 Å². The van der Waals surface area contributed by atoms with E-state index in [0.717, 1.165) is 12.1 Å². The van der Waals surface area contributed by atoms with E-state index in [9.17, 15) is 133 Å². The minimum absolute atomic E-state index is 0.0739. The van der Waals surface area contributed by atoms with E-state index in [-0.39, 0.29) is 11.1 Å². The van der Waals surface area contributed by atoms with E-state index in [4.69, 9.17) is 0 Å². The maximum Gasteiger partial charge on any atom is 0.466 e. The van der Waals surface area contributed by atoms with Crippen LogP contribution in [0.5, 0.6) is 0 Å². The van der Waals surface area contributed by atoms with Gasteiger partial charge in [-0.3, -0.25) is 9.59 Å². The number of ether oxygens (including phenoxy) is 4. The monoisotopic (exact) mass is 1160 g/mol. The Morgan fingerprint density at radius 3 is 1.23 bits per heavy atom. The predicted molar refractivity (Wildman–Crippen MR) is 199 cm³/mol. The lowest BCUT2D eigenvalue weighted by Crippen LogP contribution is -2.62. The predicted octanol–water partition coefficient (Wildman–Crippen LogP) is 7.61. The smallest absolute Gasteiger partial charge is 0.466 e. The highest BCUT2D eigenvalue weighted by atomic mass is 32.2. The summed E-state index contributed by atoms with van der Waals surface area (Å²) in [5.74, 6) is -32.8. The SMILES string of the molecule is C=C(C(=O)OC(OCCC(F)(F)C(F)(F)S(=O)(=O)[O-])(C(=O)Cc1ccc(C)cc1)C(F)(F)F)C(F)(F)F.C=C(C(=O)OC(OCCC(F)(F)C(F)(F)S(=O)(=O)[O-])(C(=O)NCc1ccccc1)C(F)(F)F)C(F)(F)F. The minimum Gasteiger partial charge on any atom is -0.743 e. The molecule has 0 saturated carbocycles. The van der Waals surface area contributed by atoms with Gasteiger partial charge in [0.25, 0.3) is 0 Å². The lowest BCUT2D eigenvalue weighted by atomic mass is 10.0. The fraction of sp³-hybridized carbons (Fsp3) is 0.459. The second-order valence-corrected chi connectivity index (χ2v) is 17.1. The molecule has 37 heteroatoms. The van der Waals surface area contributed by atoms with Crippen molar-refractivity contribution in [2.75, 3.05) is 13.2 Å². The summed E-state index contributed by atoms with van der Waals surface area (Å²) in [4.78, 5) is 48.4. The van der Waals surface area contributed by atoms with Crippen LogP contribution >= 0.6 is 0 Å². The first-order valence-corrected chi connectivity index (χ1v) is 21.4. The molecule has 0 saturated heterocycles. The summed E-state index contributed by atoms with van der Waals surface area (Å²) in [7, 11) is -14.1. The van der Waals surface area contributed by atoms with Gasteiger partial charge in [0.05, 0.1) is 13.2 Å². The van der Waals surface area contributed by atoms with Crippen LogP contribution in [0.15, 0.2) is 78.9 Å². The van der Waals surface area contributed by atoms with E-state index in [1.54, 1.807) is 0 Å². The lowest BCUT2D eigenvalue weighted by molar-refractivity contribution is -0.350. The van der Waals surface area contributed by atoms with Crippen molar-refractivity contribution in [3.05, 3.63) is 95.6 Å². The first kappa shape index (κ1) is 66.4. The van der Waals surface area contributed by atoms with Gasteiger partial charge in [-0.15, -0.1) is 0 Å². The highest BCUT2D eigenvalue weighted by Gasteiger charge is 2.69. The van der Waals surface area contributed by atoms with Gasteiger partial charge in [-0.05, 0) is 18.1 Å². The number of hydrogen-bond donors (Lipinski definition) is 1. The van der Waals surface area contributed by atoms with Crippen molar-refractivity contribution >= 4 is 43.9 Å². The van der Waals surface area contributed by atoms with E-state index in [1.165, 1.54) is 54.7 Å². The topological polar surface area (TPSA) is 232 Å². The van der Waals surface area contributed by atoms with Gasteiger partial charge in [-0.1, -0.05) is 73.3 Å². The van der Waals surface area contributed by atoms with Crippen LogP contribution in [0.1, 0.15) is 29.5 Å². The zero-order valence-corrected chi connectivity index (χ0v) is 37.6. The normalized spacial score (nSPS) is 15.1. The molecule has 2 aromatic rings. The summed E-state index contributed by atoms with van der Waals surface area (Å²) in [6.45, 7) is 0.281. The Labute approximate surface area is 400 Å². The van der Waals surface area contributed by atoms with E-state index in [0.29, 0.717) is 5.56 Å². The zero-order chi connectivity index (χ0) is 58.3. The zero-order valence-electron chi connectivity index (χ0n) is 35.9. The number of rotatable bonds is 22. The van der Waals surface area contributed by atoms with Crippen LogP contribution in [0, 0.1) is 6.92 Å². The van der Waals surface area contributed by atoms with Crippen molar-refractivity contribution in [3.8, 4) is 0 Å². The van der Waals surface area contributed by atoms with Crippen LogP contribution in [-0.2, 0) is 71.3 Å². The molecule has 0 aromatic heterocycles. The van der Waals surface area contributed by atoms with Gasteiger partial charge in [0, 0.05) is 25.8 Å². The number of carbonyl (C=O) groups excluding carboxylic acids is 4. The van der Waals surface area contributed by atoms with Crippen molar-refractivity contribution in [1.29, 1.82) is 0 Å². The molecule has 2 rings (SSSR count). The Bertz CT molecular complexity index is 2590. The van der Waals surface area contributed by atoms with Crippen LogP contribution in [0.3, 0.4) is 0 Å². The fourth-order valence-electron chi connectivity index (χ4n) is 4.70. The number of Topliss-reactive ketones (excluding diaryl/α,β-unsaturated/α-hetero) is 1. The number of nitrogens with one attached hydrogen (secondary N) is 1. The van der Waals surface area contributed by atoms with Gasteiger partial charge in [-0.25, -0.2) is 26.4 Å². The van der Waals surface area contributed by atoms with E-state index in [2.05, 4.69) is 32.1 Å². The third-order valence-electron chi connectivity index (χ3n) is 8.77. The summed E-state index contributed by atoms with van der Waals surface area (Å²) in [6.07, 6.45) is -30.8. The number of amides is 1. The average Bonchev–Trinajstić information content (AvgIpc) is 3.22. The Morgan fingerprint density at radius 1 is 0.541 bits per heavy atom. The molecule has 0 fully saturated rings. The number of alkyl halides is 20. The van der Waals surface area contributed by atoms with Gasteiger partial charge >= 0.3 is 76.5 Å². The van der Waals surface area contributed by atoms with Gasteiger partial charge in [0.1, 0.15) is 11.1 Å². The molecule has 74 heavy (non-hydrogen) atoms. The Balaban J connectivity index is 0.000000740. The number of carbonyl (C=O) groups is 4. The summed E-state index contributed by atoms with van der Waals surface area (Å²) in [5.41, 5.74) is -4.83. The summed E-state index contributed by atoms with van der Waals surface area (Å²) < 4.78 is 345. The van der Waals surface area contributed by atoms with Crippen LogP contribution in [-0.4, -0.2) is 121 Å². The van der Waals surface area contributed by atoms with Crippen LogP contribution in [0.25, 0.3) is 0 Å². The second-order valence-electron chi connectivity index (χ2n) is 14.3. The largest absolute Gasteiger partial charge is 0.743 e. The van der Waals surface area contributed by atoms with E-state index in [1.807, 2.05) is 0 Å². The van der Waals surface area contributed by atoms with Crippen molar-refractivity contribution in [2.24, 2.45) is 0 Å². The Morgan fingerprint density at radius 2 is 0.892 bits per heavy atom. The third kappa shape index (κ3) is 15.9. The number of ketones is 1. The molecular formula is C37H29F20NO14S2-2. The van der Waals surface area contributed by atoms with Crippen LogP contribution < -0.4 is 5.32 Å². The molecule has 15 nitrogen and oxygen atoms in total. The van der Waals surface area contributed by atoms with Gasteiger partial charge in [0.15, 0.2) is 20.2 Å². The highest BCUT2D eigenvalue weighted by molar-refractivity contribution is 7.87. The van der Waals surface area contributed by atoms with Crippen molar-refractivity contribution < 1.29 is 152 Å². The van der Waals surface area contributed by atoms with E-state index < -0.39 is 153 Å². The van der Waals surface area contributed by atoms with Crippen LogP contribution in [0.4, 0.5) is 87.8 Å². The first-order valence-electron chi connectivity index (χ1n) is 18.6. The second kappa shape index (κ2) is 23.1. The molecule has 0 bridgehead atoms. The molecule has 0 aliphatic rings. The standard InChI is InChI=1S/C19H16F10O7S.C18H15F10NO7S/c1-10-3-5-12(6-4-10)9-13(30)16(18(25,26)27,36-14(31)11(2)17(22,23)24)35-8-7-15(20,21)19(28,29)37(32,33)34;1-10(16(21,22)23)12(30)36-15(17(24,25)26,13(31)29-9-11-5-3-2-4-6-11)35-8-7-14(19,20)18(27,28)37(32,33)34/h3-6H,2,7-9H2,1H3,(H,32,33,34);2-6H,1,7-9H2,(H,29,31)(H,32,33,34)/p-2. The number of halogens is 20. The molecule has 0 spiro atoms. The maximum atomic E-state index is 13.9. The molecule has 1 N–H and O–H groups in total. The molecular weight excluding hydrogens is 1130 g/mol. The number of hydrogen-bond acceptors (Lipinski definition) is 14. The average molecular weight is 1160 g/mol. The Kier molecular flexibility index (Phi) is 20.7. The summed E-state index contributed by atoms with van der Waals surface area (Å²) >= 11 is 0.